The van der Waals surface area contributed by atoms with Crippen molar-refractivity contribution in [3.05, 3.63) is 29.8 Å². The number of hydrogen-bond donors (Lipinski definition) is 2. The van der Waals surface area contributed by atoms with Gasteiger partial charge in [0.25, 0.3) is 0 Å². The van der Waals surface area contributed by atoms with Gasteiger partial charge in [-0.2, -0.15) is 0 Å². The molecular weight excluding hydrogens is 192 g/mol. The van der Waals surface area contributed by atoms with E-state index in [0.717, 1.165) is 11.3 Å². The average molecular weight is 210 g/mol. The van der Waals surface area contributed by atoms with Crippen molar-refractivity contribution in [2.45, 2.75) is 13.3 Å². The normalized spacial score (nSPS) is 11.5. The van der Waals surface area contributed by atoms with Crippen molar-refractivity contribution in [3.8, 4) is 5.75 Å². The molecule has 0 aliphatic heterocycles. The molecule has 0 spiro atoms. The van der Waals surface area contributed by atoms with E-state index in [-0.39, 0.29) is 13.2 Å². The number of hydrogen-bond acceptors (Lipinski definition) is 3. The van der Waals surface area contributed by atoms with E-state index in [1.165, 1.54) is 0 Å². The van der Waals surface area contributed by atoms with Crippen LogP contribution in [0.2, 0.25) is 0 Å². The molecule has 0 saturated carbocycles. The van der Waals surface area contributed by atoms with Crippen LogP contribution >= 0.6 is 0 Å². The van der Waals surface area contributed by atoms with E-state index in [1.807, 2.05) is 31.2 Å². The smallest absolute Gasteiger partial charge is 0.118 e. The van der Waals surface area contributed by atoms with E-state index in [4.69, 9.17) is 14.9 Å². The van der Waals surface area contributed by atoms with Crippen molar-refractivity contribution in [3.63, 3.8) is 0 Å². The third kappa shape index (κ3) is 3.22. The molecule has 15 heavy (non-hydrogen) atoms. The third-order valence-electron chi connectivity index (χ3n) is 2.55. The molecule has 84 valence electrons. The lowest BCUT2D eigenvalue weighted by molar-refractivity contribution is 0.0704. The van der Waals surface area contributed by atoms with Crippen LogP contribution in [0.15, 0.2) is 24.3 Å². The molecule has 1 rings (SSSR count). The second-order valence-electron chi connectivity index (χ2n) is 4.15. The van der Waals surface area contributed by atoms with Crippen LogP contribution in [0.3, 0.4) is 0 Å². The SMILES string of the molecule is COc1ccc(CC(C)(CO)CO)cc1. The lowest BCUT2D eigenvalue weighted by Gasteiger charge is -2.24. The van der Waals surface area contributed by atoms with Gasteiger partial charge in [-0.05, 0) is 24.1 Å². The molecule has 0 aromatic heterocycles. The minimum absolute atomic E-state index is 0.0183. The Kier molecular flexibility index (Phi) is 4.12. The highest BCUT2D eigenvalue weighted by molar-refractivity contribution is 5.27. The number of benzene rings is 1. The molecule has 1 aromatic rings. The van der Waals surface area contributed by atoms with Crippen LogP contribution in [0.25, 0.3) is 0 Å². The zero-order chi connectivity index (χ0) is 11.3. The van der Waals surface area contributed by atoms with Gasteiger partial charge in [0.1, 0.15) is 5.75 Å². The van der Waals surface area contributed by atoms with Crippen molar-refractivity contribution < 1.29 is 14.9 Å². The predicted molar refractivity (Wildman–Crippen MR) is 59.0 cm³/mol. The van der Waals surface area contributed by atoms with Crippen LogP contribution in [0.4, 0.5) is 0 Å². The van der Waals surface area contributed by atoms with Gasteiger partial charge in [-0.1, -0.05) is 19.1 Å². The summed E-state index contributed by atoms with van der Waals surface area (Å²) in [7, 11) is 1.63. The minimum atomic E-state index is -0.450. The summed E-state index contributed by atoms with van der Waals surface area (Å²) in [6.45, 7) is 1.82. The molecule has 3 nitrogen and oxygen atoms in total. The van der Waals surface area contributed by atoms with E-state index in [2.05, 4.69) is 0 Å². The van der Waals surface area contributed by atoms with Crippen LogP contribution in [0.1, 0.15) is 12.5 Å². The van der Waals surface area contributed by atoms with Gasteiger partial charge in [-0.3, -0.25) is 0 Å². The summed E-state index contributed by atoms with van der Waals surface area (Å²) in [4.78, 5) is 0. The summed E-state index contributed by atoms with van der Waals surface area (Å²) >= 11 is 0. The van der Waals surface area contributed by atoms with Gasteiger partial charge in [0, 0.05) is 5.41 Å². The Bertz CT molecular complexity index is 288. The number of aliphatic hydroxyl groups is 2. The van der Waals surface area contributed by atoms with E-state index in [1.54, 1.807) is 7.11 Å². The Morgan fingerprint density at radius 2 is 1.67 bits per heavy atom. The molecule has 0 radical (unpaired) electrons. The first-order chi connectivity index (χ1) is 7.13. The van der Waals surface area contributed by atoms with Crippen molar-refractivity contribution in [1.82, 2.24) is 0 Å². The first-order valence-corrected chi connectivity index (χ1v) is 4.98. The molecule has 0 bridgehead atoms. The molecule has 0 unspecified atom stereocenters. The Labute approximate surface area is 90.3 Å². The Morgan fingerprint density at radius 1 is 1.13 bits per heavy atom. The quantitative estimate of drug-likeness (QED) is 0.768. The zero-order valence-electron chi connectivity index (χ0n) is 9.23. The largest absolute Gasteiger partial charge is 0.497 e. The number of methoxy groups -OCH3 is 1. The Hall–Kier alpha value is -1.06. The summed E-state index contributed by atoms with van der Waals surface area (Å²) in [5.74, 6) is 0.813. The van der Waals surface area contributed by atoms with E-state index in [9.17, 15) is 0 Å². The maximum atomic E-state index is 9.16. The zero-order valence-corrected chi connectivity index (χ0v) is 9.23. The topological polar surface area (TPSA) is 49.7 Å². The highest BCUT2D eigenvalue weighted by atomic mass is 16.5. The lowest BCUT2D eigenvalue weighted by atomic mass is 9.85. The fraction of sp³-hybridized carbons (Fsp3) is 0.500. The van der Waals surface area contributed by atoms with Gasteiger partial charge in [-0.15, -0.1) is 0 Å². The maximum Gasteiger partial charge on any atom is 0.118 e. The summed E-state index contributed by atoms with van der Waals surface area (Å²) in [5, 5.41) is 18.3. The van der Waals surface area contributed by atoms with Crippen molar-refractivity contribution in [2.75, 3.05) is 20.3 Å². The molecule has 2 N–H and O–H groups in total. The fourth-order valence-corrected chi connectivity index (χ4v) is 1.40. The molecule has 3 heteroatoms. The second-order valence-corrected chi connectivity index (χ2v) is 4.15. The van der Waals surface area contributed by atoms with Crippen LogP contribution in [0, 0.1) is 5.41 Å². The van der Waals surface area contributed by atoms with Crippen molar-refractivity contribution in [2.24, 2.45) is 5.41 Å². The highest BCUT2D eigenvalue weighted by Gasteiger charge is 2.22. The molecule has 1 aromatic carbocycles. The van der Waals surface area contributed by atoms with Gasteiger partial charge in [-0.25, -0.2) is 0 Å². The molecule has 0 amide bonds. The first kappa shape index (κ1) is 12.0. The van der Waals surface area contributed by atoms with Gasteiger partial charge in [0.05, 0.1) is 20.3 Å². The summed E-state index contributed by atoms with van der Waals surface area (Å²) < 4.78 is 5.05. The maximum absolute atomic E-state index is 9.16. The monoisotopic (exact) mass is 210 g/mol. The van der Waals surface area contributed by atoms with Crippen LogP contribution in [0.5, 0.6) is 5.75 Å². The highest BCUT2D eigenvalue weighted by Crippen LogP contribution is 2.22. The van der Waals surface area contributed by atoms with Crippen LogP contribution in [-0.2, 0) is 6.42 Å². The summed E-state index contributed by atoms with van der Waals surface area (Å²) in [5.41, 5.74) is 0.635. The van der Waals surface area contributed by atoms with E-state index >= 15 is 0 Å². The average Bonchev–Trinajstić information content (AvgIpc) is 2.30. The molecule has 0 saturated heterocycles. The summed E-state index contributed by atoms with van der Waals surface area (Å²) in [6, 6.07) is 7.65. The molecule has 0 aliphatic carbocycles. The van der Waals surface area contributed by atoms with Crippen molar-refractivity contribution >= 4 is 0 Å². The van der Waals surface area contributed by atoms with Gasteiger partial charge in [0.15, 0.2) is 0 Å². The molecule has 0 heterocycles. The second kappa shape index (κ2) is 5.14. The summed E-state index contributed by atoms with van der Waals surface area (Å²) in [6.07, 6.45) is 0.657. The van der Waals surface area contributed by atoms with Gasteiger partial charge >= 0.3 is 0 Å². The third-order valence-corrected chi connectivity index (χ3v) is 2.55. The van der Waals surface area contributed by atoms with Gasteiger partial charge in [0.2, 0.25) is 0 Å². The standard InChI is InChI=1S/C12H18O3/c1-12(8-13,9-14)7-10-3-5-11(15-2)6-4-10/h3-6,13-14H,7-9H2,1-2H3. The van der Waals surface area contributed by atoms with Crippen LogP contribution < -0.4 is 4.74 Å². The number of aliphatic hydroxyl groups excluding tert-OH is 2. The Balaban J connectivity index is 2.71. The number of ether oxygens (including phenoxy) is 1. The molecular formula is C12H18O3. The van der Waals surface area contributed by atoms with E-state index < -0.39 is 5.41 Å². The van der Waals surface area contributed by atoms with E-state index in [0.29, 0.717) is 6.42 Å². The minimum Gasteiger partial charge on any atom is -0.497 e. The first-order valence-electron chi connectivity index (χ1n) is 4.98. The predicted octanol–water partition coefficient (Wildman–Crippen LogP) is 1.23. The molecule has 0 atom stereocenters. The molecule has 0 fully saturated rings. The van der Waals surface area contributed by atoms with Gasteiger partial charge < -0.3 is 14.9 Å². The number of rotatable bonds is 5. The van der Waals surface area contributed by atoms with Crippen LogP contribution in [-0.4, -0.2) is 30.5 Å². The fourth-order valence-electron chi connectivity index (χ4n) is 1.40. The Morgan fingerprint density at radius 3 is 2.07 bits per heavy atom. The van der Waals surface area contributed by atoms with Crippen molar-refractivity contribution in [1.29, 1.82) is 0 Å². The lowest BCUT2D eigenvalue weighted by Crippen LogP contribution is -2.28. The molecule has 0 aliphatic rings.